The highest BCUT2D eigenvalue weighted by molar-refractivity contribution is 7.80. The Labute approximate surface area is 179 Å². The molecule has 2 N–H and O–H groups in total. The van der Waals surface area contributed by atoms with Gasteiger partial charge in [-0.3, -0.25) is 4.79 Å². The van der Waals surface area contributed by atoms with Crippen molar-refractivity contribution in [3.8, 4) is 5.75 Å². The van der Waals surface area contributed by atoms with E-state index in [4.69, 9.17) is 17.0 Å². The molecule has 1 aliphatic rings. The smallest absolute Gasteiger partial charge is 0.230 e. The minimum atomic E-state index is -0.125. The molecule has 2 aromatic carbocycles. The molecule has 29 heavy (non-hydrogen) atoms. The lowest BCUT2D eigenvalue weighted by molar-refractivity contribution is -0.119. The number of nitrogens with one attached hydrogen (secondary N) is 2. The highest BCUT2D eigenvalue weighted by Gasteiger charge is 2.13. The van der Waals surface area contributed by atoms with Gasteiger partial charge < -0.3 is 15.4 Å². The Morgan fingerprint density at radius 3 is 2.52 bits per heavy atom. The maximum absolute atomic E-state index is 12.2. The number of thiocarbonyl (C=S) groups is 1. The van der Waals surface area contributed by atoms with Gasteiger partial charge in [-0.1, -0.05) is 56.4 Å². The van der Waals surface area contributed by atoms with Crippen LogP contribution < -0.4 is 15.4 Å². The van der Waals surface area contributed by atoms with Gasteiger partial charge in [0.1, 0.15) is 5.75 Å². The lowest BCUT2D eigenvalue weighted by Gasteiger charge is -2.21. The topological polar surface area (TPSA) is 50.4 Å². The fourth-order valence-corrected chi connectivity index (χ4v) is 4.00. The summed E-state index contributed by atoms with van der Waals surface area (Å²) in [5.41, 5.74) is 2.92. The largest absolute Gasteiger partial charge is 0.494 e. The Hall–Kier alpha value is -2.40. The molecule has 4 nitrogen and oxygen atoms in total. The molecule has 0 saturated heterocycles. The molecule has 0 heterocycles. The van der Waals surface area contributed by atoms with Crippen LogP contribution in [0.15, 0.2) is 48.5 Å². The SMILES string of the molecule is Cc1ccccc1CC(=O)NC(=S)Nc1ccc(OCCC2CCCCC2)cc1. The van der Waals surface area contributed by atoms with Gasteiger partial charge >= 0.3 is 0 Å². The molecule has 0 aliphatic heterocycles. The van der Waals surface area contributed by atoms with Crippen LogP contribution in [-0.2, 0) is 11.2 Å². The first-order valence-electron chi connectivity index (χ1n) is 10.5. The van der Waals surface area contributed by atoms with Crippen molar-refractivity contribution < 1.29 is 9.53 Å². The molecule has 1 amide bonds. The number of hydrogen-bond acceptors (Lipinski definition) is 3. The predicted octanol–water partition coefficient (Wildman–Crippen LogP) is 5.40. The zero-order valence-corrected chi connectivity index (χ0v) is 17.9. The summed E-state index contributed by atoms with van der Waals surface area (Å²) in [6.07, 6.45) is 8.26. The summed E-state index contributed by atoms with van der Waals surface area (Å²) in [5, 5.41) is 6.09. The Morgan fingerprint density at radius 1 is 1.07 bits per heavy atom. The van der Waals surface area contributed by atoms with Gasteiger partial charge in [-0.25, -0.2) is 0 Å². The van der Waals surface area contributed by atoms with Crippen molar-refractivity contribution in [1.82, 2.24) is 5.32 Å². The molecule has 0 unspecified atom stereocenters. The molecule has 1 fully saturated rings. The molecular formula is C24H30N2O2S. The maximum Gasteiger partial charge on any atom is 0.230 e. The predicted molar refractivity (Wildman–Crippen MR) is 122 cm³/mol. The number of carbonyl (C=O) groups excluding carboxylic acids is 1. The second-order valence-electron chi connectivity index (χ2n) is 7.77. The molecule has 154 valence electrons. The second-order valence-corrected chi connectivity index (χ2v) is 8.18. The third kappa shape index (κ3) is 7.17. The lowest BCUT2D eigenvalue weighted by atomic mass is 9.87. The summed E-state index contributed by atoms with van der Waals surface area (Å²) in [4.78, 5) is 12.2. The van der Waals surface area contributed by atoms with E-state index in [0.29, 0.717) is 11.5 Å². The van der Waals surface area contributed by atoms with Crippen molar-refractivity contribution in [2.75, 3.05) is 11.9 Å². The normalized spacial score (nSPS) is 14.2. The molecule has 2 aromatic rings. The molecule has 1 aliphatic carbocycles. The van der Waals surface area contributed by atoms with E-state index in [1.54, 1.807) is 0 Å². The van der Waals surface area contributed by atoms with Crippen LogP contribution in [0.5, 0.6) is 5.75 Å². The lowest BCUT2D eigenvalue weighted by Crippen LogP contribution is -2.35. The minimum absolute atomic E-state index is 0.125. The Morgan fingerprint density at radius 2 is 1.79 bits per heavy atom. The molecule has 0 aromatic heterocycles. The van der Waals surface area contributed by atoms with E-state index in [2.05, 4.69) is 10.6 Å². The number of carbonyl (C=O) groups is 1. The number of benzene rings is 2. The summed E-state index contributed by atoms with van der Waals surface area (Å²) >= 11 is 5.26. The van der Waals surface area contributed by atoms with Crippen molar-refractivity contribution in [3.05, 3.63) is 59.7 Å². The van der Waals surface area contributed by atoms with Crippen molar-refractivity contribution in [1.29, 1.82) is 0 Å². The minimum Gasteiger partial charge on any atom is -0.494 e. The molecule has 0 radical (unpaired) electrons. The molecule has 3 rings (SSSR count). The van der Waals surface area contributed by atoms with Crippen molar-refractivity contribution in [2.45, 2.75) is 51.9 Å². The van der Waals surface area contributed by atoms with Gasteiger partial charge in [0.05, 0.1) is 13.0 Å². The summed E-state index contributed by atoms with van der Waals surface area (Å²) in [6, 6.07) is 15.5. The summed E-state index contributed by atoms with van der Waals surface area (Å²) in [6.45, 7) is 2.77. The zero-order valence-electron chi connectivity index (χ0n) is 17.1. The number of amides is 1. The van der Waals surface area contributed by atoms with Crippen molar-refractivity contribution in [3.63, 3.8) is 0 Å². The molecule has 0 bridgehead atoms. The molecule has 0 spiro atoms. The fraction of sp³-hybridized carbons (Fsp3) is 0.417. The zero-order chi connectivity index (χ0) is 20.5. The van der Waals surface area contributed by atoms with Crippen LogP contribution in [0.2, 0.25) is 0 Å². The first kappa shape index (κ1) is 21.3. The van der Waals surface area contributed by atoms with Gasteiger partial charge in [-0.2, -0.15) is 0 Å². The van der Waals surface area contributed by atoms with Crippen molar-refractivity contribution >= 4 is 28.9 Å². The van der Waals surface area contributed by atoms with E-state index in [9.17, 15) is 4.79 Å². The third-order valence-electron chi connectivity index (χ3n) is 5.50. The van der Waals surface area contributed by atoms with Gasteiger partial charge in [0.25, 0.3) is 0 Å². The van der Waals surface area contributed by atoms with Crippen LogP contribution in [0.25, 0.3) is 0 Å². The number of anilines is 1. The Bertz CT molecular complexity index is 814. The third-order valence-corrected chi connectivity index (χ3v) is 5.70. The summed E-state index contributed by atoms with van der Waals surface area (Å²) in [7, 11) is 0. The first-order valence-corrected chi connectivity index (χ1v) is 10.9. The second kappa shape index (κ2) is 11.0. The number of ether oxygens (including phenoxy) is 1. The van der Waals surface area contributed by atoms with Crippen LogP contribution in [0.4, 0.5) is 5.69 Å². The average Bonchev–Trinajstić information content (AvgIpc) is 2.72. The van der Waals surface area contributed by atoms with E-state index in [0.717, 1.165) is 41.5 Å². The van der Waals surface area contributed by atoms with Gasteiger partial charge in [0, 0.05) is 5.69 Å². The van der Waals surface area contributed by atoms with Crippen molar-refractivity contribution in [2.24, 2.45) is 5.92 Å². The molecular weight excluding hydrogens is 380 g/mol. The van der Waals surface area contributed by atoms with E-state index < -0.39 is 0 Å². The van der Waals surface area contributed by atoms with Gasteiger partial charge in [0.2, 0.25) is 5.91 Å². The van der Waals surface area contributed by atoms with E-state index in [-0.39, 0.29) is 5.91 Å². The maximum atomic E-state index is 12.2. The molecule has 5 heteroatoms. The average molecular weight is 411 g/mol. The molecule has 0 atom stereocenters. The highest BCUT2D eigenvalue weighted by Crippen LogP contribution is 2.26. The van der Waals surface area contributed by atoms with Gasteiger partial charge in [0.15, 0.2) is 5.11 Å². The van der Waals surface area contributed by atoms with Crippen LogP contribution in [0, 0.1) is 12.8 Å². The van der Waals surface area contributed by atoms with Gasteiger partial charge in [-0.15, -0.1) is 0 Å². The Balaban J connectivity index is 1.39. The van der Waals surface area contributed by atoms with E-state index in [1.807, 2.05) is 55.5 Å². The number of aryl methyl sites for hydroxylation is 1. The Kier molecular flexibility index (Phi) is 8.05. The monoisotopic (exact) mass is 410 g/mol. The van der Waals surface area contributed by atoms with Crippen LogP contribution in [0.1, 0.15) is 49.7 Å². The van der Waals surface area contributed by atoms with E-state index >= 15 is 0 Å². The fourth-order valence-electron chi connectivity index (χ4n) is 3.77. The molecule has 1 saturated carbocycles. The quantitative estimate of drug-likeness (QED) is 0.600. The standard InChI is InChI=1S/C24H30N2O2S/c1-18-7-5-6-10-20(18)17-23(27)26-24(29)25-21-11-13-22(14-12-21)28-16-15-19-8-3-2-4-9-19/h5-7,10-14,19H,2-4,8-9,15-17H2,1H3,(H2,25,26,27,29). The number of rotatable bonds is 7. The van der Waals surface area contributed by atoms with Crippen LogP contribution in [-0.4, -0.2) is 17.6 Å². The summed E-state index contributed by atoms with van der Waals surface area (Å²) < 4.78 is 5.88. The van der Waals surface area contributed by atoms with Crippen LogP contribution in [0.3, 0.4) is 0 Å². The highest BCUT2D eigenvalue weighted by atomic mass is 32.1. The summed E-state index contributed by atoms with van der Waals surface area (Å²) in [5.74, 6) is 1.56. The van der Waals surface area contributed by atoms with Gasteiger partial charge in [-0.05, 0) is 66.9 Å². The first-order chi connectivity index (χ1) is 14.1. The van der Waals surface area contributed by atoms with Crippen LogP contribution >= 0.6 is 12.2 Å². The van der Waals surface area contributed by atoms with E-state index in [1.165, 1.54) is 32.1 Å². The number of hydrogen-bond donors (Lipinski definition) is 2.